The van der Waals surface area contributed by atoms with Crippen molar-refractivity contribution < 1.29 is 28.6 Å². The fraction of sp³-hybridized carbons (Fsp3) is 0.724. The van der Waals surface area contributed by atoms with Gasteiger partial charge in [-0.3, -0.25) is 14.4 Å². The zero-order valence-electron chi connectivity index (χ0n) is 54.0. The van der Waals surface area contributed by atoms with Crippen LogP contribution in [-0.4, -0.2) is 37.2 Å². The molecule has 0 aliphatic carbocycles. The van der Waals surface area contributed by atoms with E-state index in [-0.39, 0.29) is 31.1 Å². The van der Waals surface area contributed by atoms with E-state index in [4.69, 9.17) is 14.2 Å². The molecule has 0 fully saturated rings. The quantitative estimate of drug-likeness (QED) is 0.0261. The predicted octanol–water partition coefficient (Wildman–Crippen LogP) is 24.2. The molecule has 82 heavy (non-hydrogen) atoms. The van der Waals surface area contributed by atoms with Crippen LogP contribution in [0, 0.1) is 0 Å². The van der Waals surface area contributed by atoms with Gasteiger partial charge in [0.2, 0.25) is 0 Å². The molecule has 0 saturated heterocycles. The number of hydrogen-bond acceptors (Lipinski definition) is 6. The second-order valence-electron chi connectivity index (χ2n) is 23.1. The number of carbonyl (C=O) groups is 3. The van der Waals surface area contributed by atoms with Crippen molar-refractivity contribution in [3.05, 3.63) is 109 Å². The van der Waals surface area contributed by atoms with Crippen molar-refractivity contribution in [2.45, 2.75) is 341 Å². The highest BCUT2D eigenvalue weighted by Gasteiger charge is 2.19. The third-order valence-electron chi connectivity index (χ3n) is 15.0. The van der Waals surface area contributed by atoms with E-state index in [0.717, 1.165) is 122 Å². The summed E-state index contributed by atoms with van der Waals surface area (Å²) in [5.41, 5.74) is 0. The summed E-state index contributed by atoms with van der Waals surface area (Å²) >= 11 is 0. The van der Waals surface area contributed by atoms with Crippen LogP contribution >= 0.6 is 0 Å². The van der Waals surface area contributed by atoms with E-state index in [1.165, 1.54) is 173 Å². The summed E-state index contributed by atoms with van der Waals surface area (Å²) in [6.07, 6.45) is 95.9. The molecule has 0 aromatic heterocycles. The van der Waals surface area contributed by atoms with E-state index in [1.54, 1.807) is 0 Å². The first kappa shape index (κ1) is 78.1. The Labute approximate surface area is 508 Å². The van der Waals surface area contributed by atoms with Gasteiger partial charge in [0.15, 0.2) is 6.10 Å². The SMILES string of the molecule is CC/C=C\C/C=C\C/C=C\C/C=C\C/C=C\C/C=C\C/C=C\C/C=C\C/C=C\CCCCCC(=O)OCC(COC(=O)CCCCCCCC)OC(=O)CCCCCCCCCCCCCCCCCCCCCCCCCCCCC. The Kier molecular flexibility index (Phi) is 66.2. The summed E-state index contributed by atoms with van der Waals surface area (Å²) in [5, 5.41) is 0. The Balaban J connectivity index is 4.12. The highest BCUT2D eigenvalue weighted by atomic mass is 16.6. The molecule has 0 rings (SSSR count). The minimum atomic E-state index is -0.789. The number of hydrogen-bond donors (Lipinski definition) is 0. The standard InChI is InChI=1S/C76H130O6/c1-4-7-10-13-16-18-20-22-24-26-28-30-32-34-36-37-38-39-41-42-44-46-48-50-52-54-56-58-60-63-66-69-75(78)81-72-73(71-80-74(77)68-65-62-15-12-9-6-3)82-76(79)70-67-64-61-59-57-55-53-51-49-47-45-43-40-35-33-31-29-27-25-23-21-19-17-14-11-8-5-2/h7,10,16,18,22,24,28,30,34,36,38-39,42,44,48,50,54,56,73H,4-6,8-9,11-15,17,19-21,23,25-27,29,31-33,35,37,40-41,43,45-47,49,51-53,55,57-72H2,1-3H3/b10-7-,18-16-,24-22-,30-28-,36-34-,39-38-,44-42-,50-48-,56-54-. The van der Waals surface area contributed by atoms with E-state index in [9.17, 15) is 14.4 Å². The normalized spacial score (nSPS) is 12.8. The van der Waals surface area contributed by atoms with Gasteiger partial charge < -0.3 is 14.2 Å². The first-order valence-electron chi connectivity index (χ1n) is 34.9. The van der Waals surface area contributed by atoms with Gasteiger partial charge in [-0.1, -0.05) is 336 Å². The average Bonchev–Trinajstić information content (AvgIpc) is 3.47. The third-order valence-corrected chi connectivity index (χ3v) is 15.0. The van der Waals surface area contributed by atoms with Crippen LogP contribution in [0.5, 0.6) is 0 Å². The maximum Gasteiger partial charge on any atom is 0.306 e. The largest absolute Gasteiger partial charge is 0.462 e. The minimum absolute atomic E-state index is 0.0868. The van der Waals surface area contributed by atoms with Gasteiger partial charge in [-0.05, 0) is 89.9 Å². The molecule has 470 valence electrons. The fourth-order valence-electron chi connectivity index (χ4n) is 9.85. The Morgan fingerprint density at radius 1 is 0.256 bits per heavy atom. The smallest absolute Gasteiger partial charge is 0.306 e. The van der Waals surface area contributed by atoms with Gasteiger partial charge >= 0.3 is 17.9 Å². The van der Waals surface area contributed by atoms with Gasteiger partial charge in [0.05, 0.1) is 0 Å². The predicted molar refractivity (Wildman–Crippen MR) is 357 cm³/mol. The van der Waals surface area contributed by atoms with E-state index in [2.05, 4.69) is 130 Å². The van der Waals surface area contributed by atoms with Crippen LogP contribution in [0.25, 0.3) is 0 Å². The molecule has 1 atom stereocenters. The van der Waals surface area contributed by atoms with E-state index in [0.29, 0.717) is 19.3 Å². The molecule has 1 unspecified atom stereocenters. The Hall–Kier alpha value is -3.93. The molecule has 0 aromatic carbocycles. The summed E-state index contributed by atoms with van der Waals surface area (Å²) in [7, 11) is 0. The molecule has 0 saturated carbocycles. The van der Waals surface area contributed by atoms with Crippen LogP contribution in [0.4, 0.5) is 0 Å². The fourth-order valence-corrected chi connectivity index (χ4v) is 9.85. The van der Waals surface area contributed by atoms with E-state index in [1.807, 2.05) is 0 Å². The molecular formula is C76H130O6. The second-order valence-corrected chi connectivity index (χ2v) is 23.1. The lowest BCUT2D eigenvalue weighted by atomic mass is 10.0. The van der Waals surface area contributed by atoms with Crippen molar-refractivity contribution in [3.8, 4) is 0 Å². The van der Waals surface area contributed by atoms with Gasteiger partial charge in [0, 0.05) is 19.3 Å². The molecular weight excluding hydrogens is 1010 g/mol. The van der Waals surface area contributed by atoms with Crippen LogP contribution in [0.3, 0.4) is 0 Å². The molecule has 0 heterocycles. The molecule has 0 bridgehead atoms. The van der Waals surface area contributed by atoms with Crippen molar-refractivity contribution in [3.63, 3.8) is 0 Å². The van der Waals surface area contributed by atoms with Crippen molar-refractivity contribution in [1.29, 1.82) is 0 Å². The highest BCUT2D eigenvalue weighted by Crippen LogP contribution is 2.18. The van der Waals surface area contributed by atoms with Crippen molar-refractivity contribution in [2.24, 2.45) is 0 Å². The minimum Gasteiger partial charge on any atom is -0.462 e. The summed E-state index contributed by atoms with van der Waals surface area (Å²) in [4.78, 5) is 38.1. The molecule has 0 radical (unpaired) electrons. The van der Waals surface area contributed by atoms with Gasteiger partial charge in [0.1, 0.15) is 13.2 Å². The summed E-state index contributed by atoms with van der Waals surface area (Å²) in [5.74, 6) is -0.920. The van der Waals surface area contributed by atoms with Crippen LogP contribution in [0.1, 0.15) is 335 Å². The molecule has 0 aromatic rings. The summed E-state index contributed by atoms with van der Waals surface area (Å²) < 4.78 is 16.8. The molecule has 0 aliphatic rings. The monoisotopic (exact) mass is 1140 g/mol. The Morgan fingerprint density at radius 2 is 0.476 bits per heavy atom. The first-order chi connectivity index (χ1) is 40.5. The number of esters is 3. The highest BCUT2D eigenvalue weighted by molar-refractivity contribution is 5.71. The maximum atomic E-state index is 12.9. The molecule has 0 spiro atoms. The zero-order valence-corrected chi connectivity index (χ0v) is 54.0. The lowest BCUT2D eigenvalue weighted by molar-refractivity contribution is -0.167. The van der Waals surface area contributed by atoms with Crippen molar-refractivity contribution in [2.75, 3.05) is 13.2 Å². The molecule has 0 N–H and O–H groups in total. The average molecular weight is 1140 g/mol. The van der Waals surface area contributed by atoms with Crippen molar-refractivity contribution in [1.82, 2.24) is 0 Å². The number of unbranched alkanes of at least 4 members (excludes halogenated alkanes) is 34. The zero-order chi connectivity index (χ0) is 59.2. The van der Waals surface area contributed by atoms with Gasteiger partial charge in [-0.15, -0.1) is 0 Å². The molecule has 0 aliphatic heterocycles. The topological polar surface area (TPSA) is 78.9 Å². The Morgan fingerprint density at radius 3 is 0.744 bits per heavy atom. The number of rotatable bonds is 63. The number of carbonyl (C=O) groups excluding carboxylic acids is 3. The maximum absolute atomic E-state index is 12.9. The molecule has 6 nitrogen and oxygen atoms in total. The molecule has 0 amide bonds. The lowest BCUT2D eigenvalue weighted by Crippen LogP contribution is -2.30. The van der Waals surface area contributed by atoms with Gasteiger partial charge in [-0.25, -0.2) is 0 Å². The van der Waals surface area contributed by atoms with Crippen LogP contribution < -0.4 is 0 Å². The molecule has 6 heteroatoms. The van der Waals surface area contributed by atoms with Gasteiger partial charge in [-0.2, -0.15) is 0 Å². The second kappa shape index (κ2) is 69.6. The summed E-state index contributed by atoms with van der Waals surface area (Å²) in [6.45, 7) is 6.47. The lowest BCUT2D eigenvalue weighted by Gasteiger charge is -2.18. The summed E-state index contributed by atoms with van der Waals surface area (Å²) in [6, 6.07) is 0. The van der Waals surface area contributed by atoms with Crippen LogP contribution in [0.15, 0.2) is 109 Å². The Bertz CT molecular complexity index is 1640. The van der Waals surface area contributed by atoms with E-state index < -0.39 is 6.10 Å². The third kappa shape index (κ3) is 66.9. The van der Waals surface area contributed by atoms with Crippen LogP contribution in [0.2, 0.25) is 0 Å². The number of ether oxygens (including phenoxy) is 3. The number of allylic oxidation sites excluding steroid dienone is 18. The van der Waals surface area contributed by atoms with E-state index >= 15 is 0 Å². The first-order valence-corrected chi connectivity index (χ1v) is 34.9. The van der Waals surface area contributed by atoms with Crippen LogP contribution in [-0.2, 0) is 28.6 Å². The van der Waals surface area contributed by atoms with Gasteiger partial charge in [0.25, 0.3) is 0 Å². The van der Waals surface area contributed by atoms with Crippen molar-refractivity contribution >= 4 is 17.9 Å².